The zero-order chi connectivity index (χ0) is 28.7. The second-order valence-corrected chi connectivity index (χ2v) is 9.63. The molecule has 0 amide bonds. The average Bonchev–Trinajstić information content (AvgIpc) is 2.92. The van der Waals surface area contributed by atoms with Crippen LogP contribution < -0.4 is 5.56 Å². The molecular formula is C25H24Cl2FN3O7S. The highest BCUT2D eigenvalue weighted by Crippen LogP contribution is 2.45. The maximum absolute atomic E-state index is 14.3. The van der Waals surface area contributed by atoms with Crippen LogP contribution in [0.2, 0.25) is 10.0 Å². The summed E-state index contributed by atoms with van der Waals surface area (Å²) < 4.78 is 29.3. The molecular weight excluding hydrogens is 576 g/mol. The van der Waals surface area contributed by atoms with Gasteiger partial charge in [-0.25, -0.2) is 19.0 Å². The topological polar surface area (TPSA) is 137 Å². The molecule has 0 radical (unpaired) electrons. The van der Waals surface area contributed by atoms with Crippen LogP contribution in [0.1, 0.15) is 35.7 Å². The first-order chi connectivity index (χ1) is 18.7. The lowest BCUT2D eigenvalue weighted by atomic mass is 9.75. The van der Waals surface area contributed by atoms with Gasteiger partial charge in [0.2, 0.25) is 0 Å². The number of ether oxygens (including phenoxy) is 3. The molecule has 10 nitrogen and oxygen atoms in total. The summed E-state index contributed by atoms with van der Waals surface area (Å²) in [6.45, 7) is 2.17. The zero-order valence-electron chi connectivity index (χ0n) is 21.1. The summed E-state index contributed by atoms with van der Waals surface area (Å²) in [5.74, 6) is -5.02. The highest BCUT2D eigenvalue weighted by atomic mass is 35.5. The van der Waals surface area contributed by atoms with Crippen LogP contribution in [-0.4, -0.2) is 66.3 Å². The third-order valence-electron chi connectivity index (χ3n) is 5.61. The Morgan fingerprint density at radius 1 is 1.13 bits per heavy atom. The predicted octanol–water partition coefficient (Wildman–Crippen LogP) is 4.16. The third-order valence-corrected chi connectivity index (χ3v) is 7.35. The molecule has 1 aliphatic rings. The number of alkyl halides is 1. The molecule has 1 N–H and O–H groups in total. The van der Waals surface area contributed by atoms with Gasteiger partial charge in [-0.1, -0.05) is 47.1 Å². The van der Waals surface area contributed by atoms with Crippen LogP contribution in [0.25, 0.3) is 0 Å². The fraction of sp³-hybridized carbons (Fsp3) is 0.360. The van der Waals surface area contributed by atoms with Crippen LogP contribution >= 0.6 is 35.0 Å². The number of nitrogens with one attached hydrogen (secondary N) is 1. The zero-order valence-corrected chi connectivity index (χ0v) is 23.4. The number of halogens is 3. The lowest BCUT2D eigenvalue weighted by Gasteiger charge is -2.32. The fourth-order valence-electron chi connectivity index (χ4n) is 3.96. The summed E-state index contributed by atoms with van der Waals surface area (Å²) in [5, 5.41) is 0.311. The molecule has 14 heteroatoms. The van der Waals surface area contributed by atoms with E-state index in [1.54, 1.807) is 26.0 Å². The van der Waals surface area contributed by atoms with Crippen LogP contribution in [-0.2, 0) is 23.8 Å². The first kappa shape index (κ1) is 30.3. The molecule has 0 spiro atoms. The van der Waals surface area contributed by atoms with Crippen molar-refractivity contribution in [3.05, 3.63) is 67.2 Å². The van der Waals surface area contributed by atoms with Gasteiger partial charge in [0.15, 0.2) is 5.16 Å². The van der Waals surface area contributed by atoms with Gasteiger partial charge in [0.05, 0.1) is 47.4 Å². The molecule has 0 saturated carbocycles. The first-order valence-electron chi connectivity index (χ1n) is 11.6. The van der Waals surface area contributed by atoms with Crippen molar-refractivity contribution in [2.75, 3.05) is 32.8 Å². The number of hydrogen-bond acceptors (Lipinski definition) is 10. The van der Waals surface area contributed by atoms with Crippen molar-refractivity contribution >= 4 is 58.6 Å². The summed E-state index contributed by atoms with van der Waals surface area (Å²) >= 11 is 13.7. The Labute approximate surface area is 236 Å². The van der Waals surface area contributed by atoms with E-state index in [1.165, 1.54) is 6.07 Å². The predicted molar refractivity (Wildman–Crippen MR) is 143 cm³/mol. The highest BCUT2D eigenvalue weighted by Gasteiger charge is 2.45. The lowest BCUT2D eigenvalue weighted by Crippen LogP contribution is -2.39. The fourth-order valence-corrected chi connectivity index (χ4v) is 5.17. The van der Waals surface area contributed by atoms with Gasteiger partial charge in [-0.05, 0) is 25.5 Å². The Morgan fingerprint density at radius 3 is 2.44 bits per heavy atom. The van der Waals surface area contributed by atoms with Crippen molar-refractivity contribution in [2.24, 2.45) is 10.9 Å². The monoisotopic (exact) mass is 599 g/mol. The first-order valence-corrected chi connectivity index (χ1v) is 13.4. The molecule has 1 aliphatic heterocycles. The molecule has 0 fully saturated rings. The summed E-state index contributed by atoms with van der Waals surface area (Å²) in [4.78, 5) is 61.3. The molecule has 0 saturated heterocycles. The van der Waals surface area contributed by atoms with E-state index in [9.17, 15) is 23.6 Å². The second-order valence-electron chi connectivity index (χ2n) is 7.88. The van der Waals surface area contributed by atoms with E-state index in [-0.39, 0.29) is 62.3 Å². The van der Waals surface area contributed by atoms with Gasteiger partial charge in [0.25, 0.3) is 5.56 Å². The summed E-state index contributed by atoms with van der Waals surface area (Å²) in [7, 11) is 1.13. The molecule has 2 aromatic rings. The third kappa shape index (κ3) is 6.68. The van der Waals surface area contributed by atoms with Crippen molar-refractivity contribution in [3.63, 3.8) is 0 Å². The van der Waals surface area contributed by atoms with Gasteiger partial charge in [0.1, 0.15) is 18.2 Å². The minimum absolute atomic E-state index is 0.00548. The van der Waals surface area contributed by atoms with Gasteiger partial charge < -0.3 is 19.2 Å². The number of carbonyl (C=O) groups is 3. The Balaban J connectivity index is 2.14. The quantitative estimate of drug-likeness (QED) is 0.185. The number of benzene rings is 1. The minimum atomic E-state index is -1.33. The highest BCUT2D eigenvalue weighted by molar-refractivity contribution is 7.99. The van der Waals surface area contributed by atoms with Crippen LogP contribution in [0.5, 0.6) is 0 Å². The number of H-pyrrole nitrogens is 1. The standard InChI is InChI=1S/C25H24Cl2FN3O7S/c1-4-37-22(33)13-10-29-25(31-21(13)32)39-11-16-19(24(35)38-5-2)17(12-7-6-8-14(26)20(12)27)18(23(34)36-3)15(9-28)30-16/h6-8,10,17-18H,4-5,9,11H2,1-3H3,(H,29,31,32). The van der Waals surface area contributed by atoms with Gasteiger partial charge in [-0.15, -0.1) is 0 Å². The number of nitrogens with zero attached hydrogens (tertiary/aromatic N) is 2. The maximum Gasteiger partial charge on any atom is 0.345 e. The number of hydrogen-bond donors (Lipinski definition) is 1. The molecule has 2 unspecified atom stereocenters. The summed E-state index contributed by atoms with van der Waals surface area (Å²) in [6, 6.07) is 4.67. The molecule has 0 aliphatic carbocycles. The van der Waals surface area contributed by atoms with Crippen molar-refractivity contribution in [2.45, 2.75) is 24.9 Å². The normalized spacial score (nSPS) is 16.9. The smallest absolute Gasteiger partial charge is 0.345 e. The maximum atomic E-state index is 14.3. The van der Waals surface area contributed by atoms with Gasteiger partial charge in [-0.2, -0.15) is 0 Å². The Bertz CT molecular complexity index is 1400. The van der Waals surface area contributed by atoms with E-state index >= 15 is 0 Å². The number of rotatable bonds is 10. The van der Waals surface area contributed by atoms with Crippen molar-refractivity contribution < 1.29 is 33.0 Å². The lowest BCUT2D eigenvalue weighted by molar-refractivity contribution is -0.144. The van der Waals surface area contributed by atoms with Crippen LogP contribution in [0, 0.1) is 5.92 Å². The Hall–Kier alpha value is -3.22. The summed E-state index contributed by atoms with van der Waals surface area (Å²) in [5.41, 5.74) is -0.894. The SMILES string of the molecule is CCOC(=O)C1=C(CSc2ncc(C(=O)OCC)c(=O)[nH]2)N=C(CF)C(C(=O)OC)C1c1cccc(Cl)c1Cl. The number of thioether (sulfide) groups is 1. The van der Waals surface area contributed by atoms with Crippen molar-refractivity contribution in [3.8, 4) is 0 Å². The van der Waals surface area contributed by atoms with Crippen molar-refractivity contribution in [1.29, 1.82) is 0 Å². The molecule has 208 valence electrons. The van der Waals surface area contributed by atoms with Gasteiger partial charge >= 0.3 is 17.9 Å². The van der Waals surface area contributed by atoms with Crippen LogP contribution in [0.4, 0.5) is 4.39 Å². The Morgan fingerprint density at radius 2 is 1.82 bits per heavy atom. The second kappa shape index (κ2) is 13.7. The largest absolute Gasteiger partial charge is 0.468 e. The number of aliphatic imine (C=N–C) groups is 1. The summed E-state index contributed by atoms with van der Waals surface area (Å²) in [6.07, 6.45) is 1.07. The molecule has 0 bridgehead atoms. The molecule has 2 heterocycles. The van der Waals surface area contributed by atoms with E-state index in [2.05, 4.69) is 15.0 Å². The number of methoxy groups -OCH3 is 1. The number of carbonyl (C=O) groups excluding carboxylic acids is 3. The number of aromatic amines is 1. The van der Waals surface area contributed by atoms with E-state index in [0.29, 0.717) is 0 Å². The molecule has 39 heavy (non-hydrogen) atoms. The molecule has 3 rings (SSSR count). The molecule has 1 aromatic carbocycles. The number of esters is 3. The van der Waals surface area contributed by atoms with Crippen LogP contribution in [0.15, 0.2) is 50.6 Å². The van der Waals surface area contributed by atoms with Crippen molar-refractivity contribution in [1.82, 2.24) is 9.97 Å². The van der Waals surface area contributed by atoms with Gasteiger partial charge in [0, 0.05) is 17.9 Å². The average molecular weight is 600 g/mol. The molecule has 2 atom stereocenters. The van der Waals surface area contributed by atoms with Crippen LogP contribution in [0.3, 0.4) is 0 Å². The van der Waals surface area contributed by atoms with E-state index in [1.807, 2.05) is 0 Å². The minimum Gasteiger partial charge on any atom is -0.468 e. The molecule has 1 aromatic heterocycles. The Kier molecular flexibility index (Phi) is 10.7. The van der Waals surface area contributed by atoms with E-state index in [4.69, 9.17) is 37.4 Å². The number of aromatic nitrogens is 2. The van der Waals surface area contributed by atoms with E-state index in [0.717, 1.165) is 25.1 Å². The van der Waals surface area contributed by atoms with E-state index < -0.39 is 42.0 Å². The van der Waals surface area contributed by atoms with Gasteiger partial charge in [-0.3, -0.25) is 14.6 Å².